The minimum absolute atomic E-state index is 0.196. The van der Waals surface area contributed by atoms with Gasteiger partial charge in [-0.15, -0.1) is 0 Å². The summed E-state index contributed by atoms with van der Waals surface area (Å²) in [5.41, 5.74) is 2.58. The first-order chi connectivity index (χ1) is 18.6. The number of likely N-dealkylation sites (tertiary alicyclic amines) is 1. The van der Waals surface area contributed by atoms with Crippen LogP contribution in [0.15, 0.2) is 60.8 Å². The molecule has 2 atom stereocenters. The Kier molecular flexibility index (Phi) is 7.26. The average Bonchev–Trinajstić information content (AvgIpc) is 3.65. The maximum Gasteiger partial charge on any atom is 0.494 e. The summed E-state index contributed by atoms with van der Waals surface area (Å²) < 4.78 is 17.1. The number of rotatable bonds is 6. The molecule has 5 rings (SSSR count). The van der Waals surface area contributed by atoms with Crippen LogP contribution in [-0.4, -0.2) is 58.8 Å². The highest BCUT2D eigenvalue weighted by Gasteiger charge is 2.51. The van der Waals surface area contributed by atoms with Crippen LogP contribution in [-0.2, 0) is 18.8 Å². The van der Waals surface area contributed by atoms with E-state index in [1.165, 1.54) is 7.11 Å². The summed E-state index contributed by atoms with van der Waals surface area (Å²) in [6.07, 6.45) is 2.83. The second-order valence-electron chi connectivity index (χ2n) is 11.1. The summed E-state index contributed by atoms with van der Waals surface area (Å²) in [6.45, 7) is 8.73. The molecule has 3 aromatic rings. The molecule has 2 aliphatic rings. The van der Waals surface area contributed by atoms with Crippen molar-refractivity contribution >= 4 is 24.6 Å². The lowest BCUT2D eigenvalue weighted by atomic mass is 9.79. The molecule has 2 fully saturated rings. The van der Waals surface area contributed by atoms with E-state index in [1.54, 1.807) is 4.90 Å². The number of aromatic nitrogens is 2. The van der Waals surface area contributed by atoms with Gasteiger partial charge < -0.3 is 29.2 Å². The Bertz CT molecular complexity index is 1310. The molecule has 204 valence electrons. The Hall–Kier alpha value is -3.63. The van der Waals surface area contributed by atoms with E-state index in [1.807, 2.05) is 88.5 Å². The van der Waals surface area contributed by atoms with Gasteiger partial charge >= 0.3 is 13.2 Å². The van der Waals surface area contributed by atoms with Crippen LogP contribution in [0, 0.1) is 0 Å². The summed E-state index contributed by atoms with van der Waals surface area (Å²) in [7, 11) is 0.861. The summed E-state index contributed by atoms with van der Waals surface area (Å²) in [6, 6.07) is 16.1. The average molecular weight is 530 g/mol. The zero-order valence-corrected chi connectivity index (χ0v) is 23.1. The summed E-state index contributed by atoms with van der Waals surface area (Å²) in [5, 5.41) is 2.70. The van der Waals surface area contributed by atoms with Gasteiger partial charge in [0.15, 0.2) is 0 Å². The Morgan fingerprint density at radius 2 is 1.74 bits per heavy atom. The molecule has 0 aliphatic carbocycles. The number of imidazole rings is 1. The molecule has 39 heavy (non-hydrogen) atoms. The molecule has 0 bridgehead atoms. The zero-order valence-electron chi connectivity index (χ0n) is 23.1. The summed E-state index contributed by atoms with van der Waals surface area (Å²) in [5.74, 6) is 0.523. The van der Waals surface area contributed by atoms with Crippen LogP contribution >= 0.6 is 0 Å². The Balaban J connectivity index is 1.33. The molecule has 1 unspecified atom stereocenters. The molecule has 3 heterocycles. The van der Waals surface area contributed by atoms with Gasteiger partial charge in [-0.25, -0.2) is 9.78 Å². The zero-order chi connectivity index (χ0) is 27.8. The van der Waals surface area contributed by atoms with Crippen molar-refractivity contribution in [3.63, 3.8) is 0 Å². The van der Waals surface area contributed by atoms with E-state index in [9.17, 15) is 9.59 Å². The quantitative estimate of drug-likeness (QED) is 0.465. The number of hydrogen-bond donors (Lipinski definition) is 2. The van der Waals surface area contributed by atoms with Crippen molar-refractivity contribution in [2.24, 2.45) is 0 Å². The second kappa shape index (κ2) is 10.5. The smallest absolute Gasteiger partial charge is 0.453 e. The molecule has 2 saturated heterocycles. The third kappa shape index (κ3) is 5.31. The normalized spacial score (nSPS) is 20.6. The van der Waals surface area contributed by atoms with E-state index in [4.69, 9.17) is 19.0 Å². The maximum atomic E-state index is 13.7. The van der Waals surface area contributed by atoms with E-state index < -0.39 is 30.5 Å². The topological polar surface area (TPSA) is 106 Å². The number of carbonyl (C=O) groups is 2. The number of H-pyrrole nitrogens is 1. The van der Waals surface area contributed by atoms with Gasteiger partial charge in [0.25, 0.3) is 5.91 Å². The number of methoxy groups -OCH3 is 1. The minimum atomic E-state index is -0.851. The molecule has 2 aromatic carbocycles. The monoisotopic (exact) mass is 530 g/mol. The van der Waals surface area contributed by atoms with Crippen molar-refractivity contribution in [2.75, 3.05) is 13.7 Å². The lowest BCUT2D eigenvalue weighted by Crippen LogP contribution is -2.42. The SMILES string of the molecule is COC(=O)N[C@@H](C(=O)N1CCCC1c1nc(-c2ccc(B3OC(C)(C)C(C)(C)O3)cc2)c[nH]1)c1ccccc1. The fourth-order valence-corrected chi connectivity index (χ4v) is 5.04. The molecule has 0 saturated carbocycles. The first kappa shape index (κ1) is 27.0. The van der Waals surface area contributed by atoms with E-state index in [0.717, 1.165) is 35.4 Å². The molecule has 10 heteroatoms. The standard InChI is InChI=1S/C29H35BN4O5/c1-28(2)29(3,4)39-30(38-28)21-15-13-19(14-16-21)22-18-31-25(32-22)23-12-9-17-34(23)26(35)24(33-27(36)37-5)20-10-7-6-8-11-20/h6-8,10-11,13-16,18,23-24H,9,12,17H2,1-5H3,(H,31,32)(H,33,36)/t23?,24-/m1/s1. The number of nitrogens with one attached hydrogen (secondary N) is 2. The molecule has 2 N–H and O–H groups in total. The number of carbonyl (C=O) groups excluding carboxylic acids is 2. The highest BCUT2D eigenvalue weighted by molar-refractivity contribution is 6.62. The summed E-state index contributed by atoms with van der Waals surface area (Å²) >= 11 is 0. The van der Waals surface area contributed by atoms with E-state index in [2.05, 4.69) is 10.3 Å². The van der Waals surface area contributed by atoms with Gasteiger partial charge in [-0.3, -0.25) is 4.79 Å². The van der Waals surface area contributed by atoms with Crippen molar-refractivity contribution in [3.05, 3.63) is 72.2 Å². The van der Waals surface area contributed by atoms with Gasteiger partial charge in [-0.05, 0) is 51.6 Å². The van der Waals surface area contributed by atoms with E-state index >= 15 is 0 Å². The van der Waals surface area contributed by atoms with Crippen molar-refractivity contribution in [2.45, 2.75) is 63.8 Å². The van der Waals surface area contributed by atoms with Crippen LogP contribution in [0.5, 0.6) is 0 Å². The second-order valence-corrected chi connectivity index (χ2v) is 11.1. The fraction of sp³-hybridized carbons (Fsp3) is 0.414. The Morgan fingerprint density at radius 1 is 1.08 bits per heavy atom. The summed E-state index contributed by atoms with van der Waals surface area (Å²) in [4.78, 5) is 35.7. The van der Waals surface area contributed by atoms with Gasteiger partial charge in [0.1, 0.15) is 11.9 Å². The highest BCUT2D eigenvalue weighted by atomic mass is 16.7. The van der Waals surface area contributed by atoms with Crippen molar-refractivity contribution in [1.82, 2.24) is 20.2 Å². The number of hydrogen-bond acceptors (Lipinski definition) is 6. The van der Waals surface area contributed by atoms with Crippen molar-refractivity contribution in [3.8, 4) is 11.3 Å². The number of ether oxygens (including phenoxy) is 1. The molecular formula is C29H35BN4O5. The number of amides is 2. The first-order valence-corrected chi connectivity index (χ1v) is 13.3. The first-order valence-electron chi connectivity index (χ1n) is 13.3. The molecule has 9 nitrogen and oxygen atoms in total. The Labute approximate surface area is 229 Å². The molecular weight excluding hydrogens is 495 g/mol. The molecule has 1 aromatic heterocycles. The molecule has 2 amide bonds. The molecule has 0 spiro atoms. The van der Waals surface area contributed by atoms with Crippen LogP contribution in [0.3, 0.4) is 0 Å². The molecule has 0 radical (unpaired) electrons. The Morgan fingerprint density at radius 3 is 2.38 bits per heavy atom. The van der Waals surface area contributed by atoms with Gasteiger partial charge in [0.05, 0.1) is 30.0 Å². The number of nitrogens with zero attached hydrogens (tertiary/aromatic N) is 2. The lowest BCUT2D eigenvalue weighted by Gasteiger charge is -2.32. The maximum absolute atomic E-state index is 13.7. The van der Waals surface area contributed by atoms with Crippen LogP contribution in [0.25, 0.3) is 11.3 Å². The molecule has 2 aliphatic heterocycles. The number of benzene rings is 2. The van der Waals surface area contributed by atoms with Gasteiger partial charge in [0.2, 0.25) is 0 Å². The lowest BCUT2D eigenvalue weighted by molar-refractivity contribution is -0.134. The van der Waals surface area contributed by atoms with Crippen LogP contribution in [0.4, 0.5) is 4.79 Å². The minimum Gasteiger partial charge on any atom is -0.453 e. The van der Waals surface area contributed by atoms with Crippen LogP contribution in [0.1, 0.15) is 64.0 Å². The van der Waals surface area contributed by atoms with E-state index in [0.29, 0.717) is 12.1 Å². The predicted octanol–water partition coefficient (Wildman–Crippen LogP) is 4.14. The van der Waals surface area contributed by atoms with E-state index in [-0.39, 0.29) is 11.9 Å². The third-order valence-corrected chi connectivity index (χ3v) is 8.01. The van der Waals surface area contributed by atoms with Gasteiger partial charge in [-0.1, -0.05) is 54.6 Å². The number of aromatic amines is 1. The van der Waals surface area contributed by atoms with Crippen LogP contribution < -0.4 is 10.8 Å². The largest absolute Gasteiger partial charge is 0.494 e. The predicted molar refractivity (Wildman–Crippen MR) is 148 cm³/mol. The van der Waals surface area contributed by atoms with Crippen LogP contribution in [0.2, 0.25) is 0 Å². The van der Waals surface area contributed by atoms with Gasteiger partial charge in [-0.2, -0.15) is 0 Å². The number of alkyl carbamates (subject to hydrolysis) is 1. The fourth-order valence-electron chi connectivity index (χ4n) is 5.04. The highest BCUT2D eigenvalue weighted by Crippen LogP contribution is 2.37. The van der Waals surface area contributed by atoms with Crippen molar-refractivity contribution < 1.29 is 23.6 Å². The van der Waals surface area contributed by atoms with Crippen molar-refractivity contribution in [1.29, 1.82) is 0 Å². The third-order valence-electron chi connectivity index (χ3n) is 8.01. The van der Waals surface area contributed by atoms with Gasteiger partial charge in [0, 0.05) is 18.3 Å².